The Labute approximate surface area is 108 Å². The van der Waals surface area contributed by atoms with Gasteiger partial charge in [-0.05, 0) is 56.5 Å². The molecule has 0 radical (unpaired) electrons. The molecule has 1 heterocycles. The molecule has 1 aromatic rings. The van der Waals surface area contributed by atoms with Crippen LogP contribution in [-0.2, 0) is 4.79 Å². The van der Waals surface area contributed by atoms with Crippen molar-refractivity contribution >= 4 is 5.97 Å². The molecule has 2 rings (SSSR count). The Hall–Kier alpha value is -1.35. The number of carbonyl (C=O) groups is 1. The number of carboxylic acid groups (broad SMARTS) is 1. The van der Waals surface area contributed by atoms with E-state index in [4.69, 9.17) is 5.11 Å². The zero-order chi connectivity index (χ0) is 13.1. The predicted octanol–water partition coefficient (Wildman–Crippen LogP) is 2.92. The van der Waals surface area contributed by atoms with E-state index in [0.29, 0.717) is 0 Å². The van der Waals surface area contributed by atoms with Crippen LogP contribution in [0.1, 0.15) is 42.0 Å². The van der Waals surface area contributed by atoms with Gasteiger partial charge < -0.3 is 5.11 Å². The highest BCUT2D eigenvalue weighted by atomic mass is 16.4. The maximum Gasteiger partial charge on any atom is 0.305 e. The monoisotopic (exact) mass is 247 g/mol. The average Bonchev–Trinajstić information content (AvgIpc) is 2.83. The summed E-state index contributed by atoms with van der Waals surface area (Å²) in [5, 5.41) is 9.14. The topological polar surface area (TPSA) is 40.5 Å². The Morgan fingerprint density at radius 3 is 2.61 bits per heavy atom. The first-order chi connectivity index (χ1) is 8.59. The number of benzene rings is 1. The minimum Gasteiger partial charge on any atom is -0.481 e. The highest BCUT2D eigenvalue weighted by molar-refractivity contribution is 5.68. The zero-order valence-corrected chi connectivity index (χ0v) is 11.1. The number of hydrogen-bond donors (Lipinski definition) is 1. The summed E-state index contributed by atoms with van der Waals surface area (Å²) >= 11 is 0. The maximum absolute atomic E-state index is 11.1. The maximum atomic E-state index is 11.1. The van der Waals surface area contributed by atoms with Gasteiger partial charge in [-0.1, -0.05) is 18.2 Å². The minimum absolute atomic E-state index is 0.0323. The molecule has 1 fully saturated rings. The van der Waals surface area contributed by atoms with Gasteiger partial charge in [-0.15, -0.1) is 0 Å². The van der Waals surface area contributed by atoms with Gasteiger partial charge in [0.1, 0.15) is 0 Å². The van der Waals surface area contributed by atoms with Crippen LogP contribution in [0.25, 0.3) is 0 Å². The number of aryl methyl sites for hydroxylation is 1. The molecule has 18 heavy (non-hydrogen) atoms. The summed E-state index contributed by atoms with van der Waals surface area (Å²) in [6.45, 7) is 6.22. The Morgan fingerprint density at radius 1 is 1.33 bits per heavy atom. The molecule has 1 aliphatic heterocycles. The van der Waals surface area contributed by atoms with Gasteiger partial charge in [0, 0.05) is 6.04 Å². The molecular formula is C15H21NO2. The van der Waals surface area contributed by atoms with Crippen molar-refractivity contribution in [3.05, 3.63) is 34.9 Å². The highest BCUT2D eigenvalue weighted by Crippen LogP contribution is 2.31. The Bertz CT molecular complexity index is 436. The SMILES string of the molecule is Cc1cccc(C(CC(=O)O)N2CCCC2)c1C. The first kappa shape index (κ1) is 13.1. The van der Waals surface area contributed by atoms with Crippen LogP contribution in [0.3, 0.4) is 0 Å². The Balaban J connectivity index is 2.32. The van der Waals surface area contributed by atoms with Crippen molar-refractivity contribution in [2.75, 3.05) is 13.1 Å². The lowest BCUT2D eigenvalue weighted by molar-refractivity contribution is -0.138. The lowest BCUT2D eigenvalue weighted by Crippen LogP contribution is -2.28. The van der Waals surface area contributed by atoms with Crippen molar-refractivity contribution in [1.82, 2.24) is 4.90 Å². The van der Waals surface area contributed by atoms with Gasteiger partial charge in [0.05, 0.1) is 6.42 Å². The summed E-state index contributed by atoms with van der Waals surface area (Å²) in [5.41, 5.74) is 3.65. The predicted molar refractivity (Wildman–Crippen MR) is 71.7 cm³/mol. The van der Waals surface area contributed by atoms with E-state index < -0.39 is 5.97 Å². The molecule has 98 valence electrons. The van der Waals surface area contributed by atoms with Gasteiger partial charge in [0.15, 0.2) is 0 Å². The largest absolute Gasteiger partial charge is 0.481 e. The number of aliphatic carboxylic acids is 1. The zero-order valence-electron chi connectivity index (χ0n) is 11.1. The Morgan fingerprint density at radius 2 is 2.00 bits per heavy atom. The molecule has 0 bridgehead atoms. The fraction of sp³-hybridized carbons (Fsp3) is 0.533. The van der Waals surface area contributed by atoms with Crippen LogP contribution in [0.4, 0.5) is 0 Å². The van der Waals surface area contributed by atoms with Gasteiger partial charge in [-0.3, -0.25) is 9.69 Å². The summed E-state index contributed by atoms with van der Waals surface area (Å²) < 4.78 is 0. The summed E-state index contributed by atoms with van der Waals surface area (Å²) in [6, 6.07) is 6.22. The molecule has 0 spiro atoms. The highest BCUT2D eigenvalue weighted by Gasteiger charge is 2.26. The van der Waals surface area contributed by atoms with E-state index in [1.807, 2.05) is 6.07 Å². The molecule has 3 heteroatoms. The third kappa shape index (κ3) is 2.72. The van der Waals surface area contributed by atoms with Crippen LogP contribution in [0.15, 0.2) is 18.2 Å². The van der Waals surface area contributed by atoms with Gasteiger partial charge >= 0.3 is 5.97 Å². The van der Waals surface area contributed by atoms with Crippen molar-refractivity contribution in [3.63, 3.8) is 0 Å². The smallest absolute Gasteiger partial charge is 0.305 e. The van der Waals surface area contributed by atoms with E-state index in [1.54, 1.807) is 0 Å². The fourth-order valence-corrected chi connectivity index (χ4v) is 2.79. The van der Waals surface area contributed by atoms with Crippen molar-refractivity contribution in [1.29, 1.82) is 0 Å². The van der Waals surface area contributed by atoms with Crippen molar-refractivity contribution in [2.24, 2.45) is 0 Å². The van der Waals surface area contributed by atoms with Crippen molar-refractivity contribution in [2.45, 2.75) is 39.2 Å². The molecule has 1 atom stereocenters. The van der Waals surface area contributed by atoms with Crippen molar-refractivity contribution < 1.29 is 9.90 Å². The molecular weight excluding hydrogens is 226 g/mol. The van der Waals surface area contributed by atoms with Crippen LogP contribution < -0.4 is 0 Å². The second kappa shape index (κ2) is 5.53. The molecule has 0 saturated carbocycles. The number of carboxylic acids is 1. The lowest BCUT2D eigenvalue weighted by atomic mass is 9.94. The number of nitrogens with zero attached hydrogens (tertiary/aromatic N) is 1. The summed E-state index contributed by atoms with van der Waals surface area (Å²) in [7, 11) is 0. The second-order valence-electron chi connectivity index (χ2n) is 5.15. The minimum atomic E-state index is -0.715. The molecule has 1 aromatic carbocycles. The van der Waals surface area contributed by atoms with E-state index in [9.17, 15) is 4.79 Å². The van der Waals surface area contributed by atoms with E-state index in [0.717, 1.165) is 13.1 Å². The van der Waals surface area contributed by atoms with Crippen molar-refractivity contribution in [3.8, 4) is 0 Å². The standard InChI is InChI=1S/C15H21NO2/c1-11-6-5-7-13(12(11)2)14(10-15(17)18)16-8-3-4-9-16/h5-7,14H,3-4,8-10H2,1-2H3,(H,17,18). The third-order valence-corrected chi connectivity index (χ3v) is 3.95. The number of likely N-dealkylation sites (tertiary alicyclic amines) is 1. The molecule has 1 N–H and O–H groups in total. The average molecular weight is 247 g/mol. The first-order valence-electron chi connectivity index (χ1n) is 6.61. The summed E-state index contributed by atoms with van der Waals surface area (Å²) in [5.74, 6) is -0.715. The molecule has 0 amide bonds. The Kier molecular flexibility index (Phi) is 4.02. The second-order valence-corrected chi connectivity index (χ2v) is 5.15. The fourth-order valence-electron chi connectivity index (χ4n) is 2.79. The van der Waals surface area contributed by atoms with Crippen LogP contribution in [0, 0.1) is 13.8 Å². The van der Waals surface area contributed by atoms with Crippen LogP contribution in [0.2, 0.25) is 0 Å². The number of hydrogen-bond acceptors (Lipinski definition) is 2. The van der Waals surface area contributed by atoms with Gasteiger partial charge in [-0.25, -0.2) is 0 Å². The lowest BCUT2D eigenvalue weighted by Gasteiger charge is -2.28. The molecule has 1 unspecified atom stereocenters. The molecule has 1 saturated heterocycles. The third-order valence-electron chi connectivity index (χ3n) is 3.95. The number of rotatable bonds is 4. The summed E-state index contributed by atoms with van der Waals surface area (Å²) in [6.07, 6.45) is 2.56. The quantitative estimate of drug-likeness (QED) is 0.889. The van der Waals surface area contributed by atoms with Gasteiger partial charge in [-0.2, -0.15) is 0 Å². The normalized spacial score (nSPS) is 17.9. The molecule has 0 aliphatic carbocycles. The molecule has 0 aromatic heterocycles. The van der Waals surface area contributed by atoms with E-state index in [2.05, 4.69) is 30.9 Å². The molecule has 3 nitrogen and oxygen atoms in total. The van der Waals surface area contributed by atoms with Gasteiger partial charge in [0.25, 0.3) is 0 Å². The van der Waals surface area contributed by atoms with Crippen LogP contribution in [0.5, 0.6) is 0 Å². The first-order valence-corrected chi connectivity index (χ1v) is 6.61. The molecule has 1 aliphatic rings. The van der Waals surface area contributed by atoms with E-state index in [1.165, 1.54) is 29.5 Å². The summed E-state index contributed by atoms with van der Waals surface area (Å²) in [4.78, 5) is 13.4. The van der Waals surface area contributed by atoms with Gasteiger partial charge in [0.2, 0.25) is 0 Å². The van der Waals surface area contributed by atoms with Crippen LogP contribution >= 0.6 is 0 Å². The van der Waals surface area contributed by atoms with Crippen LogP contribution in [-0.4, -0.2) is 29.1 Å². The van der Waals surface area contributed by atoms with E-state index >= 15 is 0 Å². The van der Waals surface area contributed by atoms with E-state index in [-0.39, 0.29) is 12.5 Å².